The lowest BCUT2D eigenvalue weighted by atomic mass is 10.1. The third-order valence-corrected chi connectivity index (χ3v) is 5.39. The number of amides is 2. The molecule has 0 saturated carbocycles. The Kier molecular flexibility index (Phi) is 4.51. The average Bonchev–Trinajstić information content (AvgIpc) is 3.44. The van der Waals surface area contributed by atoms with Crippen molar-refractivity contribution >= 4 is 29.1 Å². The number of carbonyl (C=O) groups is 2. The highest BCUT2D eigenvalue weighted by atomic mass is 35.5. The molecule has 0 spiro atoms. The van der Waals surface area contributed by atoms with Gasteiger partial charge in [-0.25, -0.2) is 9.29 Å². The predicted octanol–water partition coefficient (Wildman–Crippen LogP) is 3.33. The maximum Gasteiger partial charge on any atom is 0.263 e. The molecule has 0 N–H and O–H groups in total. The van der Waals surface area contributed by atoms with Gasteiger partial charge in [-0.3, -0.25) is 14.6 Å². The molecule has 1 fully saturated rings. The van der Waals surface area contributed by atoms with Gasteiger partial charge in [0.15, 0.2) is 12.1 Å². The number of carbonyl (C=O) groups excluding carboxylic acids is 2. The number of halogens is 2. The first-order valence-electron chi connectivity index (χ1n) is 9.32. The fourth-order valence-electron chi connectivity index (χ4n) is 3.50. The normalized spacial score (nSPS) is 20.1. The number of anilines is 1. The molecular formula is C20H14ClFN6O3. The van der Waals surface area contributed by atoms with Crippen LogP contribution in [0.4, 0.5) is 10.1 Å². The second-order valence-corrected chi connectivity index (χ2v) is 7.59. The van der Waals surface area contributed by atoms with Crippen molar-refractivity contribution in [1.29, 1.82) is 0 Å². The van der Waals surface area contributed by atoms with E-state index in [1.807, 2.05) is 0 Å². The minimum absolute atomic E-state index is 0.0135. The van der Waals surface area contributed by atoms with Crippen molar-refractivity contribution < 1.29 is 18.5 Å². The molecule has 0 unspecified atom stereocenters. The van der Waals surface area contributed by atoms with Gasteiger partial charge in [0.2, 0.25) is 11.7 Å². The quantitative estimate of drug-likeness (QED) is 0.576. The summed E-state index contributed by atoms with van der Waals surface area (Å²) in [5.74, 6) is -1.05. The fraction of sp³-hybridized carbons (Fsp3) is 0.200. The Morgan fingerprint density at radius 2 is 1.90 bits per heavy atom. The molecule has 11 heteroatoms. The second-order valence-electron chi connectivity index (χ2n) is 7.16. The largest absolute Gasteiger partial charge is 0.337 e. The fourth-order valence-corrected chi connectivity index (χ4v) is 3.63. The smallest absolute Gasteiger partial charge is 0.263 e. The molecule has 2 aliphatic heterocycles. The summed E-state index contributed by atoms with van der Waals surface area (Å²) in [4.78, 5) is 31.0. The Balaban J connectivity index is 1.36. The Bertz CT molecular complexity index is 1230. The zero-order chi connectivity index (χ0) is 21.7. The van der Waals surface area contributed by atoms with Crippen LogP contribution >= 0.6 is 11.6 Å². The number of hydrogen-bond donors (Lipinski definition) is 0. The molecule has 2 amide bonds. The van der Waals surface area contributed by atoms with Crippen LogP contribution in [0.3, 0.4) is 0 Å². The molecular weight excluding hydrogens is 427 g/mol. The van der Waals surface area contributed by atoms with Gasteiger partial charge in [0.1, 0.15) is 12.4 Å². The van der Waals surface area contributed by atoms with Crippen LogP contribution in [0, 0.1) is 12.7 Å². The number of nitrogens with zero attached hydrogens (tertiary/aromatic N) is 6. The van der Waals surface area contributed by atoms with Crippen molar-refractivity contribution in [2.75, 3.05) is 4.90 Å². The van der Waals surface area contributed by atoms with E-state index in [1.165, 1.54) is 17.1 Å². The van der Waals surface area contributed by atoms with Gasteiger partial charge in [-0.05, 0) is 48.9 Å². The van der Waals surface area contributed by atoms with E-state index in [4.69, 9.17) is 16.1 Å². The third-order valence-electron chi connectivity index (χ3n) is 5.14. The summed E-state index contributed by atoms with van der Waals surface area (Å²) in [5, 5.41) is 13.7. The molecule has 1 saturated heterocycles. The molecule has 31 heavy (non-hydrogen) atoms. The number of hydrogen-bond acceptors (Lipinski definition) is 8. The van der Waals surface area contributed by atoms with Gasteiger partial charge in [-0.15, -0.1) is 0 Å². The predicted molar refractivity (Wildman–Crippen MR) is 106 cm³/mol. The molecule has 5 rings (SSSR count). The van der Waals surface area contributed by atoms with Crippen molar-refractivity contribution in [3.63, 3.8) is 0 Å². The maximum atomic E-state index is 14.0. The zero-order valence-corrected chi connectivity index (χ0v) is 16.8. The lowest BCUT2D eigenvalue weighted by molar-refractivity contribution is -0.123. The molecule has 9 nitrogen and oxygen atoms in total. The van der Waals surface area contributed by atoms with Gasteiger partial charge in [-0.2, -0.15) is 10.1 Å². The van der Waals surface area contributed by atoms with Crippen LogP contribution in [0.2, 0.25) is 5.02 Å². The SMILES string of the molecule is Cc1ccc(N2C(=O)[C@@H]3N=NN(Cc4nc(-c5ccc(Cl)cc5)no4)[C@H]3C2=O)cc1F. The summed E-state index contributed by atoms with van der Waals surface area (Å²) in [6, 6.07) is 9.14. The topological polar surface area (TPSA) is 104 Å². The first-order chi connectivity index (χ1) is 14.9. The minimum atomic E-state index is -1.00. The van der Waals surface area contributed by atoms with Gasteiger partial charge >= 0.3 is 0 Å². The van der Waals surface area contributed by atoms with E-state index in [9.17, 15) is 14.0 Å². The summed E-state index contributed by atoms with van der Waals surface area (Å²) < 4.78 is 19.2. The Labute approximate surface area is 180 Å². The van der Waals surface area contributed by atoms with E-state index < -0.39 is 29.7 Å². The molecule has 2 aliphatic rings. The number of aryl methyl sites for hydroxylation is 1. The van der Waals surface area contributed by atoms with Gasteiger partial charge in [0, 0.05) is 10.6 Å². The summed E-state index contributed by atoms with van der Waals surface area (Å²) in [7, 11) is 0. The van der Waals surface area contributed by atoms with Crippen LogP contribution in [0.25, 0.3) is 11.4 Å². The van der Waals surface area contributed by atoms with E-state index >= 15 is 0 Å². The molecule has 0 radical (unpaired) electrons. The first kappa shape index (κ1) is 19.3. The summed E-state index contributed by atoms with van der Waals surface area (Å²) in [6.07, 6.45) is 0. The number of benzene rings is 2. The zero-order valence-electron chi connectivity index (χ0n) is 16.1. The molecule has 1 aromatic heterocycles. The third kappa shape index (κ3) is 3.25. The van der Waals surface area contributed by atoms with Crippen molar-refractivity contribution in [3.05, 3.63) is 64.8 Å². The number of fused-ring (bicyclic) bond motifs is 1. The average molecular weight is 441 g/mol. The summed E-state index contributed by atoms with van der Waals surface area (Å²) in [6.45, 7) is 1.58. The van der Waals surface area contributed by atoms with Crippen LogP contribution in [0.1, 0.15) is 11.5 Å². The van der Waals surface area contributed by atoms with Gasteiger partial charge in [-0.1, -0.05) is 28.0 Å². The van der Waals surface area contributed by atoms with Gasteiger partial charge in [0.05, 0.1) is 5.69 Å². The lowest BCUT2D eigenvalue weighted by Gasteiger charge is -2.19. The lowest BCUT2D eigenvalue weighted by Crippen LogP contribution is -2.39. The number of aromatic nitrogens is 2. The van der Waals surface area contributed by atoms with Gasteiger partial charge < -0.3 is 4.52 Å². The molecule has 3 heterocycles. The van der Waals surface area contributed by atoms with Crippen LogP contribution in [-0.2, 0) is 16.1 Å². The summed E-state index contributed by atoms with van der Waals surface area (Å²) >= 11 is 5.89. The second kappa shape index (κ2) is 7.24. The molecule has 0 aliphatic carbocycles. The number of rotatable bonds is 4. The molecule has 3 aromatic rings. The van der Waals surface area contributed by atoms with E-state index in [2.05, 4.69) is 20.5 Å². The Hall–Kier alpha value is -3.66. The van der Waals surface area contributed by atoms with E-state index in [1.54, 1.807) is 31.2 Å². The van der Waals surface area contributed by atoms with E-state index in [-0.39, 0.29) is 18.1 Å². The maximum absolute atomic E-state index is 14.0. The molecule has 0 bridgehead atoms. The van der Waals surface area contributed by atoms with Gasteiger partial charge in [0.25, 0.3) is 11.8 Å². The van der Waals surface area contributed by atoms with Crippen molar-refractivity contribution in [2.24, 2.45) is 10.3 Å². The highest BCUT2D eigenvalue weighted by Crippen LogP contribution is 2.33. The van der Waals surface area contributed by atoms with Crippen LogP contribution in [0.5, 0.6) is 0 Å². The standard InChI is InChI=1S/C20H14ClFN6O3/c1-10-2-7-13(8-14(10)22)28-19(29)16-17(20(28)30)27(26-24-16)9-15-23-18(25-31-15)11-3-5-12(21)6-4-11/h2-8,16-17H,9H2,1H3/t16-,17-/m1/s1. The van der Waals surface area contributed by atoms with E-state index in [0.29, 0.717) is 22.0 Å². The monoisotopic (exact) mass is 440 g/mol. The van der Waals surface area contributed by atoms with Crippen LogP contribution in [-0.4, -0.2) is 39.0 Å². The highest BCUT2D eigenvalue weighted by molar-refractivity contribution is 6.30. The highest BCUT2D eigenvalue weighted by Gasteiger charge is 2.55. The summed E-state index contributed by atoms with van der Waals surface area (Å²) in [5.41, 5.74) is 1.28. The molecule has 156 valence electrons. The minimum Gasteiger partial charge on any atom is -0.337 e. The van der Waals surface area contributed by atoms with Crippen LogP contribution in [0.15, 0.2) is 57.3 Å². The Morgan fingerprint density at radius 3 is 2.65 bits per heavy atom. The number of imide groups is 1. The van der Waals surface area contributed by atoms with E-state index in [0.717, 1.165) is 11.0 Å². The molecule has 2 aromatic carbocycles. The first-order valence-corrected chi connectivity index (χ1v) is 9.70. The van der Waals surface area contributed by atoms with Crippen molar-refractivity contribution in [3.8, 4) is 11.4 Å². The van der Waals surface area contributed by atoms with Crippen molar-refractivity contribution in [2.45, 2.75) is 25.6 Å². The Morgan fingerprint density at radius 1 is 1.13 bits per heavy atom. The molecule has 2 atom stereocenters. The van der Waals surface area contributed by atoms with Crippen LogP contribution < -0.4 is 4.90 Å². The van der Waals surface area contributed by atoms with Crippen molar-refractivity contribution in [1.82, 2.24) is 15.1 Å².